The number of methoxy groups -OCH3 is 1. The Morgan fingerprint density at radius 3 is 2.37 bits per heavy atom. The van der Waals surface area contributed by atoms with E-state index in [0.29, 0.717) is 12.0 Å². The standard InChI is InChI=1S/C35H32N4O4/c1-35-32(42-3)29(37(2)34(41)21-11-5-4-6-12-21)17-30(43-35)38-19-26(23-14-7-9-15-27(23)38)31-24(18-36-33(31)40)25-20-39(35)28-16-10-8-13-22(25)28/h4-16,18-20,29-30,32,36,40H,17H2,1-3H3/t29-,30-,32-,35+/m1/s1. The summed E-state index contributed by atoms with van der Waals surface area (Å²) in [5.74, 6) is 0.0434. The van der Waals surface area contributed by atoms with Gasteiger partial charge in [-0.2, -0.15) is 0 Å². The summed E-state index contributed by atoms with van der Waals surface area (Å²) in [4.78, 5) is 18.8. The number of benzene rings is 3. The summed E-state index contributed by atoms with van der Waals surface area (Å²) in [6, 6.07) is 25.4. The maximum Gasteiger partial charge on any atom is 0.253 e. The number of likely N-dealkylation sites (N-methyl/N-ethyl adjacent to an activating group) is 1. The lowest BCUT2D eigenvalue weighted by Crippen LogP contribution is -2.61. The van der Waals surface area contributed by atoms with Gasteiger partial charge in [-0.05, 0) is 31.2 Å². The van der Waals surface area contributed by atoms with E-state index in [1.54, 1.807) is 7.11 Å². The fourth-order valence-electron chi connectivity index (χ4n) is 7.42. The molecular weight excluding hydrogens is 540 g/mol. The maximum absolute atomic E-state index is 13.9. The molecule has 5 heterocycles. The van der Waals surface area contributed by atoms with Crippen molar-refractivity contribution in [3.63, 3.8) is 0 Å². The van der Waals surface area contributed by atoms with E-state index >= 15 is 0 Å². The van der Waals surface area contributed by atoms with Gasteiger partial charge in [-0.3, -0.25) is 4.79 Å². The lowest BCUT2D eigenvalue weighted by atomic mass is 9.91. The Bertz CT molecular complexity index is 2020. The lowest BCUT2D eigenvalue weighted by Gasteiger charge is -2.51. The average molecular weight is 573 g/mol. The fourth-order valence-corrected chi connectivity index (χ4v) is 7.42. The van der Waals surface area contributed by atoms with Gasteiger partial charge in [0.2, 0.25) is 0 Å². The third kappa shape index (κ3) is 3.60. The van der Waals surface area contributed by atoms with Crippen LogP contribution in [0.25, 0.3) is 44.1 Å². The predicted molar refractivity (Wildman–Crippen MR) is 166 cm³/mol. The molecule has 3 aromatic heterocycles. The van der Waals surface area contributed by atoms with Gasteiger partial charge in [-0.1, -0.05) is 54.6 Å². The first-order valence-corrected chi connectivity index (χ1v) is 14.5. The number of carbonyl (C=O) groups is 1. The Morgan fingerprint density at radius 2 is 1.63 bits per heavy atom. The van der Waals surface area contributed by atoms with Gasteiger partial charge < -0.3 is 33.6 Å². The first kappa shape index (κ1) is 25.9. The highest BCUT2D eigenvalue weighted by molar-refractivity contribution is 6.06. The van der Waals surface area contributed by atoms with E-state index in [1.807, 2.05) is 72.7 Å². The van der Waals surface area contributed by atoms with Gasteiger partial charge in [0.1, 0.15) is 12.3 Å². The number of para-hydroxylation sites is 2. The number of H-pyrrole nitrogens is 1. The van der Waals surface area contributed by atoms with Crippen LogP contribution >= 0.6 is 0 Å². The van der Waals surface area contributed by atoms with Gasteiger partial charge in [0.15, 0.2) is 11.6 Å². The summed E-state index contributed by atoms with van der Waals surface area (Å²) in [5, 5.41) is 13.3. The van der Waals surface area contributed by atoms with E-state index in [4.69, 9.17) is 9.47 Å². The Balaban J connectivity index is 1.43. The molecule has 4 atom stereocenters. The smallest absolute Gasteiger partial charge is 0.253 e. The van der Waals surface area contributed by atoms with Gasteiger partial charge in [0.25, 0.3) is 5.91 Å². The summed E-state index contributed by atoms with van der Waals surface area (Å²) < 4.78 is 17.8. The maximum atomic E-state index is 13.9. The van der Waals surface area contributed by atoms with E-state index in [9.17, 15) is 9.90 Å². The Labute approximate surface area is 248 Å². The molecule has 2 aliphatic rings. The van der Waals surface area contributed by atoms with Crippen LogP contribution in [0.15, 0.2) is 97.5 Å². The van der Waals surface area contributed by atoms with Crippen molar-refractivity contribution in [1.29, 1.82) is 0 Å². The molecule has 3 aromatic carbocycles. The zero-order valence-corrected chi connectivity index (χ0v) is 24.2. The van der Waals surface area contributed by atoms with Crippen LogP contribution in [0.1, 0.15) is 29.9 Å². The first-order chi connectivity index (χ1) is 20.9. The number of hydrogen-bond acceptors (Lipinski definition) is 4. The molecule has 8 nitrogen and oxygen atoms in total. The molecule has 1 saturated heterocycles. The normalized spacial score (nSPS) is 22.7. The minimum atomic E-state index is -1.01. The lowest BCUT2D eigenvalue weighted by molar-refractivity contribution is -0.268. The van der Waals surface area contributed by atoms with Crippen LogP contribution in [-0.4, -0.2) is 56.3 Å². The highest BCUT2D eigenvalue weighted by Crippen LogP contribution is 2.50. The fraction of sp³-hybridized carbons (Fsp3) is 0.229. The van der Waals surface area contributed by atoms with Crippen molar-refractivity contribution < 1.29 is 19.4 Å². The number of aromatic hydroxyl groups is 1. The number of fused-ring (bicyclic) bond motifs is 17. The molecule has 1 fully saturated rings. The molecule has 0 aliphatic carbocycles. The summed E-state index contributed by atoms with van der Waals surface area (Å²) in [7, 11) is 3.55. The van der Waals surface area contributed by atoms with E-state index in [-0.39, 0.29) is 17.8 Å². The molecule has 8 rings (SSSR count). The molecule has 2 N–H and O–H groups in total. The molecule has 43 heavy (non-hydrogen) atoms. The number of carbonyl (C=O) groups excluding carboxylic acids is 1. The van der Waals surface area contributed by atoms with Crippen LogP contribution in [-0.2, 0) is 15.2 Å². The quantitative estimate of drug-likeness (QED) is 0.246. The number of aromatic nitrogens is 3. The van der Waals surface area contributed by atoms with Crippen molar-refractivity contribution in [2.24, 2.45) is 0 Å². The molecule has 0 radical (unpaired) electrons. The number of amides is 1. The van der Waals surface area contributed by atoms with Crippen molar-refractivity contribution in [2.45, 2.75) is 37.4 Å². The number of nitrogens with one attached hydrogen (secondary N) is 1. The van der Waals surface area contributed by atoms with Crippen LogP contribution in [0.2, 0.25) is 0 Å². The van der Waals surface area contributed by atoms with Crippen molar-refractivity contribution in [3.05, 3.63) is 103 Å². The highest BCUT2D eigenvalue weighted by Gasteiger charge is 2.52. The highest BCUT2D eigenvalue weighted by atomic mass is 16.6. The van der Waals surface area contributed by atoms with Gasteiger partial charge in [0.05, 0.1) is 22.6 Å². The Morgan fingerprint density at radius 1 is 0.953 bits per heavy atom. The topological polar surface area (TPSA) is 84.7 Å². The van der Waals surface area contributed by atoms with Gasteiger partial charge in [-0.15, -0.1) is 0 Å². The van der Waals surface area contributed by atoms with Crippen LogP contribution < -0.4 is 0 Å². The molecule has 6 bridgehead atoms. The van der Waals surface area contributed by atoms with E-state index in [2.05, 4.69) is 57.7 Å². The molecule has 0 unspecified atom stereocenters. The predicted octanol–water partition coefficient (Wildman–Crippen LogP) is 6.72. The monoisotopic (exact) mass is 572 g/mol. The van der Waals surface area contributed by atoms with E-state index in [1.165, 1.54) is 0 Å². The summed E-state index contributed by atoms with van der Waals surface area (Å²) >= 11 is 0. The summed E-state index contributed by atoms with van der Waals surface area (Å²) in [5.41, 5.74) is 5.09. The van der Waals surface area contributed by atoms with Crippen molar-refractivity contribution in [2.75, 3.05) is 14.2 Å². The number of nitrogens with zero attached hydrogens (tertiary/aromatic N) is 3. The van der Waals surface area contributed by atoms with Crippen molar-refractivity contribution >= 4 is 27.7 Å². The Hall–Kier alpha value is -4.79. The number of aromatic amines is 1. The Kier molecular flexibility index (Phi) is 5.63. The molecular formula is C35H32N4O4. The van der Waals surface area contributed by atoms with Crippen LogP contribution in [0.5, 0.6) is 5.88 Å². The molecule has 0 saturated carbocycles. The zero-order chi connectivity index (χ0) is 29.5. The van der Waals surface area contributed by atoms with E-state index in [0.717, 1.165) is 44.1 Å². The zero-order valence-electron chi connectivity index (χ0n) is 24.2. The van der Waals surface area contributed by atoms with Crippen molar-refractivity contribution in [3.8, 4) is 28.1 Å². The van der Waals surface area contributed by atoms with Crippen molar-refractivity contribution in [1.82, 2.24) is 19.0 Å². The summed E-state index contributed by atoms with van der Waals surface area (Å²) in [6.45, 7) is 2.05. The second-order valence-electron chi connectivity index (χ2n) is 11.7. The second kappa shape index (κ2) is 9.36. The minimum absolute atomic E-state index is 0.0723. The first-order valence-electron chi connectivity index (χ1n) is 14.5. The SMILES string of the molecule is CO[C@@H]1[C@H](N(C)C(=O)c2ccccc2)C[C@H]2O[C@]1(C)n1cc(c3ccccc31)-c1c[nH]c(O)c1-c1cn2c2ccccc12. The van der Waals surface area contributed by atoms with Crippen LogP contribution in [0.3, 0.4) is 0 Å². The second-order valence-corrected chi connectivity index (χ2v) is 11.7. The van der Waals surface area contributed by atoms with Crippen LogP contribution in [0.4, 0.5) is 0 Å². The molecule has 216 valence electrons. The summed E-state index contributed by atoms with van der Waals surface area (Å²) in [6.07, 6.45) is 5.59. The number of ether oxygens (including phenoxy) is 2. The molecule has 6 aromatic rings. The third-order valence-corrected chi connectivity index (χ3v) is 9.45. The van der Waals surface area contributed by atoms with E-state index < -0.39 is 18.1 Å². The number of hydrogen-bond donors (Lipinski definition) is 2. The molecule has 0 spiro atoms. The molecule has 2 aliphatic heterocycles. The van der Waals surface area contributed by atoms with Crippen LogP contribution in [0, 0.1) is 0 Å². The molecule has 8 heteroatoms. The molecule has 1 amide bonds. The van der Waals surface area contributed by atoms with Gasteiger partial charge >= 0.3 is 0 Å². The van der Waals surface area contributed by atoms with Gasteiger partial charge in [-0.25, -0.2) is 0 Å². The largest absolute Gasteiger partial charge is 0.494 e. The van der Waals surface area contributed by atoms with Gasteiger partial charge in [0, 0.05) is 72.2 Å². The third-order valence-electron chi connectivity index (χ3n) is 9.45. The number of rotatable bonds is 3. The minimum Gasteiger partial charge on any atom is -0.494 e. The average Bonchev–Trinajstić information content (AvgIpc) is 3.73.